The van der Waals surface area contributed by atoms with Gasteiger partial charge in [0, 0.05) is 13.5 Å². The lowest BCUT2D eigenvalue weighted by atomic mass is 10.1. The highest BCUT2D eigenvalue weighted by Gasteiger charge is 2.41. The number of methoxy groups -OCH3 is 1. The summed E-state index contributed by atoms with van der Waals surface area (Å²) in [7, 11) is 4.48. The largest absolute Gasteiger partial charge is 0.467 e. The highest BCUT2D eigenvalue weighted by atomic mass is 16.7. The van der Waals surface area contributed by atoms with Crippen LogP contribution in [0, 0.1) is 10.1 Å². The lowest BCUT2D eigenvalue weighted by Crippen LogP contribution is -2.23. The summed E-state index contributed by atoms with van der Waals surface area (Å²) < 4.78 is 5.99. The van der Waals surface area contributed by atoms with Crippen molar-refractivity contribution in [3.63, 3.8) is 0 Å². The van der Waals surface area contributed by atoms with Gasteiger partial charge in [-0.05, 0) is 4.92 Å². The van der Waals surface area contributed by atoms with Crippen LogP contribution in [-0.2, 0) is 21.4 Å². The fourth-order valence-electron chi connectivity index (χ4n) is 2.10. The molecule has 0 N–H and O–H groups in total. The minimum Gasteiger partial charge on any atom is -0.467 e. The lowest BCUT2D eigenvalue weighted by Gasteiger charge is -2.14. The quantitative estimate of drug-likeness (QED) is 0.438. The van der Waals surface area contributed by atoms with Crippen LogP contribution in [0.25, 0.3) is 0 Å². The molecule has 0 aromatic carbocycles. The second-order valence-electron chi connectivity index (χ2n) is 4.21. The van der Waals surface area contributed by atoms with Crippen molar-refractivity contribution in [1.29, 1.82) is 0 Å². The van der Waals surface area contributed by atoms with Crippen LogP contribution in [0.4, 0.5) is 5.82 Å². The van der Waals surface area contributed by atoms with E-state index < -0.39 is 17.0 Å². The van der Waals surface area contributed by atoms with E-state index in [9.17, 15) is 14.9 Å². The van der Waals surface area contributed by atoms with Crippen molar-refractivity contribution < 1.29 is 19.3 Å². The second-order valence-corrected chi connectivity index (χ2v) is 4.21. The van der Waals surface area contributed by atoms with E-state index in [-0.39, 0.29) is 11.9 Å². The number of nitrogens with zero attached hydrogens (tertiary/aromatic N) is 4. The Labute approximate surface area is 108 Å². The van der Waals surface area contributed by atoms with E-state index in [0.29, 0.717) is 12.2 Å². The smallest absolute Gasteiger partial charge is 0.342 e. The number of carbonyl (C=O) groups is 1. The first-order valence-electron chi connectivity index (χ1n) is 5.59. The Hall–Kier alpha value is -2.00. The van der Waals surface area contributed by atoms with Crippen LogP contribution in [0.15, 0.2) is 6.20 Å². The average Bonchev–Trinajstić information content (AvgIpc) is 2.91. The molecule has 0 aliphatic carbocycles. The van der Waals surface area contributed by atoms with Crippen LogP contribution in [0.2, 0.25) is 0 Å². The van der Waals surface area contributed by atoms with Gasteiger partial charge >= 0.3 is 11.8 Å². The van der Waals surface area contributed by atoms with Gasteiger partial charge in [-0.3, -0.25) is 4.84 Å². The zero-order valence-corrected chi connectivity index (χ0v) is 10.8. The number of aromatic nitrogens is 2. The number of carbonyl (C=O) groups excluding carboxylic acids is 1. The van der Waals surface area contributed by atoms with Crippen molar-refractivity contribution in [3.8, 4) is 0 Å². The summed E-state index contributed by atoms with van der Waals surface area (Å²) in [6.45, 7) is 0. The Morgan fingerprint density at radius 1 is 1.63 bits per heavy atom. The van der Waals surface area contributed by atoms with Gasteiger partial charge in [-0.15, -0.1) is 0 Å². The molecule has 9 nitrogen and oxygen atoms in total. The molecule has 2 heterocycles. The van der Waals surface area contributed by atoms with Crippen LogP contribution in [0.3, 0.4) is 0 Å². The number of imidazole rings is 1. The number of ether oxygens (including phenoxy) is 1. The number of hydrogen-bond donors (Lipinski definition) is 0. The first-order chi connectivity index (χ1) is 8.95. The van der Waals surface area contributed by atoms with E-state index in [4.69, 9.17) is 4.84 Å². The second kappa shape index (κ2) is 4.94. The van der Waals surface area contributed by atoms with E-state index in [2.05, 4.69) is 9.72 Å². The molecule has 19 heavy (non-hydrogen) atoms. The predicted octanol–water partition coefficient (Wildman–Crippen LogP) is 0.178. The maximum atomic E-state index is 11.4. The number of esters is 1. The zero-order valence-electron chi connectivity index (χ0n) is 10.8. The predicted molar refractivity (Wildman–Crippen MR) is 61.9 cm³/mol. The molecule has 9 heteroatoms. The van der Waals surface area contributed by atoms with E-state index in [1.807, 2.05) is 0 Å². The summed E-state index contributed by atoms with van der Waals surface area (Å²) in [5.41, 5.74) is 0. The molecule has 0 saturated carbocycles. The first kappa shape index (κ1) is 13.4. The topological polar surface area (TPSA) is 99.7 Å². The number of hydroxylamine groups is 2. The SMILES string of the molecule is COC(=O)C1CC(c2ncc([N+](=O)[O-])n2C)N(C)O1. The van der Waals surface area contributed by atoms with Crippen molar-refractivity contribution >= 4 is 11.8 Å². The van der Waals surface area contributed by atoms with Crippen molar-refractivity contribution in [2.45, 2.75) is 18.6 Å². The standard InChI is InChI=1S/C10H14N4O5/c1-12-8(14(16)17)5-11-9(12)6-4-7(10(15)18-3)19-13(6)2/h5-7H,4H2,1-3H3. The molecule has 1 fully saturated rings. The molecular weight excluding hydrogens is 256 g/mol. The fourth-order valence-corrected chi connectivity index (χ4v) is 2.10. The number of rotatable bonds is 3. The molecule has 1 aromatic rings. The first-order valence-corrected chi connectivity index (χ1v) is 5.59. The highest BCUT2D eigenvalue weighted by Crippen LogP contribution is 2.33. The normalized spacial score (nSPS) is 23.5. The van der Waals surface area contributed by atoms with Crippen LogP contribution >= 0.6 is 0 Å². The summed E-state index contributed by atoms with van der Waals surface area (Å²) in [5.74, 6) is -0.108. The van der Waals surface area contributed by atoms with Gasteiger partial charge in [0.25, 0.3) is 0 Å². The fraction of sp³-hybridized carbons (Fsp3) is 0.600. The molecule has 1 aromatic heterocycles. The highest BCUT2D eigenvalue weighted by molar-refractivity contribution is 5.74. The van der Waals surface area contributed by atoms with Crippen molar-refractivity contribution in [2.24, 2.45) is 7.05 Å². The summed E-state index contributed by atoms with van der Waals surface area (Å²) in [6, 6.07) is -0.331. The molecule has 1 aliphatic rings. The Morgan fingerprint density at radius 2 is 2.32 bits per heavy atom. The molecule has 1 saturated heterocycles. The Kier molecular flexibility index (Phi) is 3.49. The molecular formula is C10H14N4O5. The van der Waals surface area contributed by atoms with E-state index in [1.54, 1.807) is 14.1 Å². The average molecular weight is 270 g/mol. The molecule has 0 bridgehead atoms. The van der Waals surface area contributed by atoms with Gasteiger partial charge in [0.1, 0.15) is 12.2 Å². The molecule has 2 rings (SSSR count). The third kappa shape index (κ3) is 2.29. The summed E-state index contributed by atoms with van der Waals surface area (Å²) >= 11 is 0. The Bertz CT molecular complexity index is 514. The van der Waals surface area contributed by atoms with Crippen molar-refractivity contribution in [3.05, 3.63) is 22.1 Å². The third-order valence-corrected chi connectivity index (χ3v) is 3.12. The molecule has 0 radical (unpaired) electrons. The Morgan fingerprint density at radius 3 is 2.84 bits per heavy atom. The van der Waals surface area contributed by atoms with E-state index in [1.165, 1.54) is 22.9 Å². The maximum Gasteiger partial charge on any atom is 0.342 e. The summed E-state index contributed by atoms with van der Waals surface area (Å²) in [4.78, 5) is 31.1. The summed E-state index contributed by atoms with van der Waals surface area (Å²) in [6.07, 6.45) is 0.815. The van der Waals surface area contributed by atoms with E-state index >= 15 is 0 Å². The molecule has 104 valence electrons. The van der Waals surface area contributed by atoms with Crippen molar-refractivity contribution in [1.82, 2.24) is 14.6 Å². The van der Waals surface area contributed by atoms with Gasteiger partial charge in [-0.25, -0.2) is 14.3 Å². The molecule has 1 aliphatic heterocycles. The van der Waals surface area contributed by atoms with E-state index in [0.717, 1.165) is 0 Å². The van der Waals surface area contributed by atoms with Crippen LogP contribution in [0.5, 0.6) is 0 Å². The Balaban J connectivity index is 2.23. The van der Waals surface area contributed by atoms with Gasteiger partial charge in [0.05, 0.1) is 14.2 Å². The van der Waals surface area contributed by atoms with Crippen LogP contribution < -0.4 is 0 Å². The minimum atomic E-state index is -0.712. The number of hydrogen-bond acceptors (Lipinski definition) is 7. The molecule has 0 amide bonds. The monoisotopic (exact) mass is 270 g/mol. The lowest BCUT2D eigenvalue weighted by molar-refractivity contribution is -0.391. The third-order valence-electron chi connectivity index (χ3n) is 3.12. The van der Waals surface area contributed by atoms with Gasteiger partial charge in [-0.2, -0.15) is 5.06 Å². The summed E-state index contributed by atoms with van der Waals surface area (Å²) in [5, 5.41) is 12.2. The number of nitro groups is 1. The van der Waals surface area contributed by atoms with Crippen molar-refractivity contribution in [2.75, 3.05) is 14.2 Å². The zero-order chi connectivity index (χ0) is 14.2. The van der Waals surface area contributed by atoms with Crippen LogP contribution in [-0.4, -0.2) is 45.8 Å². The van der Waals surface area contributed by atoms with Gasteiger partial charge in [0.2, 0.25) is 5.82 Å². The van der Waals surface area contributed by atoms with Gasteiger partial charge < -0.3 is 14.9 Å². The van der Waals surface area contributed by atoms with Gasteiger partial charge in [0.15, 0.2) is 6.10 Å². The minimum absolute atomic E-state index is 0.107. The van der Waals surface area contributed by atoms with Gasteiger partial charge in [-0.1, -0.05) is 0 Å². The molecule has 0 spiro atoms. The maximum absolute atomic E-state index is 11.4. The molecule has 2 atom stereocenters. The molecule has 2 unspecified atom stereocenters. The van der Waals surface area contributed by atoms with Crippen LogP contribution in [0.1, 0.15) is 18.3 Å².